The molecule has 1 atom stereocenters. The van der Waals surface area contributed by atoms with E-state index < -0.39 is 0 Å². The Labute approximate surface area is 179 Å². The van der Waals surface area contributed by atoms with Crippen LogP contribution in [0.15, 0.2) is 65.3 Å². The van der Waals surface area contributed by atoms with E-state index in [0.717, 1.165) is 6.42 Å². The van der Waals surface area contributed by atoms with Gasteiger partial charge in [-0.05, 0) is 0 Å². The molecule has 0 aliphatic heterocycles. The molecule has 0 radical (unpaired) electrons. The third-order valence-electron chi connectivity index (χ3n) is 3.38. The van der Waals surface area contributed by atoms with E-state index in [0.29, 0.717) is 12.8 Å². The predicted octanol–water partition coefficient (Wildman–Crippen LogP) is -0.879. The van der Waals surface area contributed by atoms with Crippen LogP contribution in [0.25, 0.3) is 0 Å². The maximum absolute atomic E-state index is 3.19. The summed E-state index contributed by atoms with van der Waals surface area (Å²) in [6, 6.07) is 11.9. The first-order chi connectivity index (χ1) is 11.0. The first kappa shape index (κ1) is 26.9. The van der Waals surface area contributed by atoms with Crippen molar-refractivity contribution in [3.63, 3.8) is 0 Å². The molecule has 0 amide bonds. The second kappa shape index (κ2) is 15.9. The van der Waals surface area contributed by atoms with Crippen molar-refractivity contribution >= 4 is 6.91 Å². The molecule has 0 nitrogen and oxygen atoms in total. The molecule has 0 spiro atoms. The van der Waals surface area contributed by atoms with E-state index >= 15 is 0 Å². The standard InChI is InChI=1S/C7H8Si.2C7H9.2ClH.Ti/c8-6-7-4-2-1-3-5-7;2*1-6-3-4-7(2)5-6;;;/h1-5,8H,6H2;5H,3H2,1-2H3;3,5,7H,1-2H3;2*1H;/q;2*-1;;;+2/p-2. The number of benzene rings is 1. The fourth-order valence-corrected chi connectivity index (χ4v) is 3.85. The molecule has 0 saturated carbocycles. The van der Waals surface area contributed by atoms with Crippen LogP contribution in [-0.4, -0.2) is 6.91 Å². The zero-order valence-electron chi connectivity index (χ0n) is 15.4. The minimum absolute atomic E-state index is 0. The van der Waals surface area contributed by atoms with E-state index in [1.54, 1.807) is 0 Å². The van der Waals surface area contributed by atoms with Crippen LogP contribution in [0.4, 0.5) is 0 Å². The van der Waals surface area contributed by atoms with Crippen molar-refractivity contribution in [1.29, 1.82) is 0 Å². The van der Waals surface area contributed by atoms with E-state index in [2.05, 4.69) is 102 Å². The first-order valence-electron chi connectivity index (χ1n) is 8.06. The monoisotopic (exact) mass is 424 g/mol. The third kappa shape index (κ3) is 13.5. The molecule has 3 rings (SSSR count). The van der Waals surface area contributed by atoms with Gasteiger partial charge in [-0.25, -0.2) is 23.3 Å². The zero-order valence-corrected chi connectivity index (χ0v) is 19.7. The van der Waals surface area contributed by atoms with Gasteiger partial charge in [-0.1, -0.05) is 26.7 Å². The number of hydrogen-bond acceptors (Lipinski definition) is 0. The first-order valence-corrected chi connectivity index (χ1v) is 12.2. The Morgan fingerprint density at radius 1 is 1.12 bits per heavy atom. The van der Waals surface area contributed by atoms with Gasteiger partial charge in [0.25, 0.3) is 0 Å². The quantitative estimate of drug-likeness (QED) is 0.427. The van der Waals surface area contributed by atoms with Crippen LogP contribution in [0.5, 0.6) is 0 Å². The van der Waals surface area contributed by atoms with E-state index in [1.807, 2.05) is 6.08 Å². The van der Waals surface area contributed by atoms with Crippen molar-refractivity contribution in [2.24, 2.45) is 5.92 Å². The normalized spacial score (nSPS) is 16.6. The summed E-state index contributed by atoms with van der Waals surface area (Å²) in [5, 5.41) is 0. The fourth-order valence-electron chi connectivity index (χ4n) is 2.24. The molecule has 2 aliphatic carbocycles. The molecule has 0 aromatic heterocycles. The molecular weight excluding hydrogens is 399 g/mol. The number of hydrogen-bond donors (Lipinski definition) is 0. The van der Waals surface area contributed by atoms with Crippen molar-refractivity contribution in [2.75, 3.05) is 0 Å². The van der Waals surface area contributed by atoms with Gasteiger partial charge < -0.3 is 24.8 Å². The summed E-state index contributed by atoms with van der Waals surface area (Å²) in [4.78, 5) is 0. The van der Waals surface area contributed by atoms with Crippen molar-refractivity contribution in [2.45, 2.75) is 40.2 Å². The Morgan fingerprint density at radius 3 is 2.04 bits per heavy atom. The second-order valence-electron chi connectivity index (χ2n) is 5.93. The zero-order chi connectivity index (χ0) is 17.1. The van der Waals surface area contributed by atoms with Crippen LogP contribution in [0.1, 0.15) is 39.7 Å². The molecule has 4 heteroatoms. The van der Waals surface area contributed by atoms with Gasteiger partial charge in [0.2, 0.25) is 0 Å². The Morgan fingerprint density at radius 2 is 1.76 bits per heavy atom. The number of allylic oxidation sites excluding steroid dienone is 8. The average Bonchev–Trinajstić information content (AvgIpc) is 3.09. The second-order valence-corrected chi connectivity index (χ2v) is 8.66. The Balaban J connectivity index is 0. The van der Waals surface area contributed by atoms with E-state index in [9.17, 15) is 0 Å². The Hall–Kier alpha value is -0.309. The van der Waals surface area contributed by atoms with Gasteiger partial charge in [0.05, 0.1) is 0 Å². The Kier molecular flexibility index (Phi) is 17.1. The molecule has 0 N–H and O–H groups in total. The van der Waals surface area contributed by atoms with Gasteiger partial charge in [0.15, 0.2) is 0 Å². The van der Waals surface area contributed by atoms with Crippen LogP contribution in [-0.2, 0) is 25.2 Å². The summed E-state index contributed by atoms with van der Waals surface area (Å²) in [6.45, 7) is 9.06. The van der Waals surface area contributed by atoms with Crippen molar-refractivity contribution in [1.82, 2.24) is 0 Å². The van der Waals surface area contributed by atoms with Crippen molar-refractivity contribution in [3.8, 4) is 0 Å². The minimum atomic E-state index is 0. The van der Waals surface area contributed by atoms with Crippen LogP contribution in [0, 0.1) is 18.1 Å². The van der Waals surface area contributed by atoms with E-state index in [4.69, 9.17) is 0 Å². The summed E-state index contributed by atoms with van der Waals surface area (Å²) < 4.78 is 0. The third-order valence-corrected chi connectivity index (χ3v) is 5.01. The predicted molar refractivity (Wildman–Crippen MR) is 98.8 cm³/mol. The van der Waals surface area contributed by atoms with Crippen molar-refractivity contribution < 1.29 is 44.0 Å². The summed E-state index contributed by atoms with van der Waals surface area (Å²) in [5.74, 6) is 0.556. The van der Waals surface area contributed by atoms with Crippen LogP contribution >= 0.6 is 0 Å². The summed E-state index contributed by atoms with van der Waals surface area (Å²) in [5.41, 5.74) is 5.54. The molecule has 0 fully saturated rings. The Bertz CT molecular complexity index is 616. The summed E-state index contributed by atoms with van der Waals surface area (Å²) in [7, 11) is 0. The number of rotatable bonds is 2. The summed E-state index contributed by atoms with van der Waals surface area (Å²) in [6.07, 6.45) is 13.8. The molecule has 1 aromatic rings. The fraction of sp³-hybridized carbons (Fsp3) is 0.333. The van der Waals surface area contributed by atoms with Crippen LogP contribution < -0.4 is 24.8 Å². The molecule has 0 heterocycles. The topological polar surface area (TPSA) is 0 Å². The van der Waals surface area contributed by atoms with Crippen LogP contribution in [0.2, 0.25) is 0 Å². The van der Waals surface area contributed by atoms with Gasteiger partial charge in [0.1, 0.15) is 0 Å². The van der Waals surface area contributed by atoms with Crippen molar-refractivity contribution in [3.05, 3.63) is 83.0 Å². The molecule has 1 unspecified atom stereocenters. The van der Waals surface area contributed by atoms with Crippen LogP contribution in [0.3, 0.4) is 0 Å². The molecule has 1 aromatic carbocycles. The van der Waals surface area contributed by atoms with E-state index in [1.165, 1.54) is 28.3 Å². The molecular formula is C21H26Cl2SiTi-2. The van der Waals surface area contributed by atoms with Gasteiger partial charge in [-0.3, -0.25) is 12.2 Å². The molecule has 0 saturated heterocycles. The molecule has 0 bridgehead atoms. The van der Waals surface area contributed by atoms with E-state index in [-0.39, 0.29) is 24.8 Å². The average molecular weight is 425 g/mol. The van der Waals surface area contributed by atoms with Gasteiger partial charge in [0, 0.05) is 0 Å². The maximum atomic E-state index is 3.19. The van der Waals surface area contributed by atoms with Gasteiger partial charge in [-0.15, -0.1) is 13.3 Å². The van der Waals surface area contributed by atoms with Gasteiger partial charge >= 0.3 is 68.0 Å². The number of halogens is 2. The molecule has 2 aliphatic rings. The summed E-state index contributed by atoms with van der Waals surface area (Å²) >= 11 is 2.28. The molecule has 134 valence electrons. The SMILES string of the molecule is CC1=CC(C)[C-]=C1.CC1=[C-]CC(C)=C1.[Cl-].[Cl-].[Ti+2]=[SiH]Cc1ccccc1. The molecule has 25 heavy (non-hydrogen) atoms. The van der Waals surface area contributed by atoms with Gasteiger partial charge in [-0.2, -0.15) is 11.6 Å².